The quantitative estimate of drug-likeness (QED) is 0.0516. The van der Waals surface area contributed by atoms with Crippen molar-refractivity contribution in [2.75, 3.05) is 36.2 Å². The second kappa shape index (κ2) is 21.9. The van der Waals surface area contributed by atoms with Gasteiger partial charge in [0.2, 0.25) is 17.7 Å². The molecule has 2 N–H and O–H groups in total. The van der Waals surface area contributed by atoms with E-state index in [1.165, 1.54) is 49.4 Å². The zero-order valence-electron chi connectivity index (χ0n) is 41.6. The maximum Gasteiger partial charge on any atom is 0.417 e. The van der Waals surface area contributed by atoms with Gasteiger partial charge >= 0.3 is 6.18 Å². The third-order valence-electron chi connectivity index (χ3n) is 13.0. The van der Waals surface area contributed by atoms with Crippen LogP contribution < -0.4 is 25.2 Å². The molecule has 2 aliphatic rings. The predicted molar refractivity (Wildman–Crippen MR) is 270 cm³/mol. The first-order valence-electron chi connectivity index (χ1n) is 23.8. The van der Waals surface area contributed by atoms with E-state index in [1.54, 1.807) is 35.2 Å². The lowest BCUT2D eigenvalue weighted by Gasteiger charge is -2.35. The molecule has 3 atom stereocenters. The largest absolute Gasteiger partial charge is 0.494 e. The third kappa shape index (κ3) is 11.9. The van der Waals surface area contributed by atoms with E-state index in [0.29, 0.717) is 67.5 Å². The van der Waals surface area contributed by atoms with Gasteiger partial charge in [0.1, 0.15) is 35.8 Å². The monoisotopic (exact) mass is 1020 g/mol. The van der Waals surface area contributed by atoms with Crippen LogP contribution in [0.1, 0.15) is 95.7 Å². The highest BCUT2D eigenvalue weighted by Gasteiger charge is 2.51. The van der Waals surface area contributed by atoms with Crippen LogP contribution in [0.15, 0.2) is 95.7 Å². The van der Waals surface area contributed by atoms with Crippen LogP contribution in [-0.2, 0) is 30.1 Å². The van der Waals surface area contributed by atoms with Crippen LogP contribution in [0.25, 0.3) is 22.5 Å². The number of nitrogens with zero attached hydrogens (tertiary/aromatic N) is 5. The number of likely N-dealkylation sites (tertiary alicyclic amines) is 1. The van der Waals surface area contributed by atoms with Crippen molar-refractivity contribution in [3.05, 3.63) is 120 Å². The summed E-state index contributed by atoms with van der Waals surface area (Å²) >= 11 is 5.57. The van der Waals surface area contributed by atoms with Crippen LogP contribution >= 0.6 is 12.2 Å². The van der Waals surface area contributed by atoms with Gasteiger partial charge in [-0.2, -0.15) is 18.4 Å². The first kappa shape index (κ1) is 53.6. The van der Waals surface area contributed by atoms with E-state index in [-0.39, 0.29) is 47.6 Å². The number of nitrogens with one attached hydrogen (secondary N) is 2. The van der Waals surface area contributed by atoms with Crippen molar-refractivity contribution in [1.82, 2.24) is 20.5 Å². The number of rotatable bonds is 17. The van der Waals surface area contributed by atoms with E-state index in [9.17, 15) is 37.6 Å². The zero-order chi connectivity index (χ0) is 53.0. The number of carbonyl (C=O) groups excluding carboxylic acids is 4. The normalized spacial score (nSPS) is 16.6. The van der Waals surface area contributed by atoms with Gasteiger partial charge in [-0.1, -0.05) is 63.2 Å². The van der Waals surface area contributed by atoms with Gasteiger partial charge in [0.15, 0.2) is 17.3 Å². The van der Waals surface area contributed by atoms with Crippen LogP contribution in [0.2, 0.25) is 0 Å². The number of nitriles is 1. The average Bonchev–Trinajstić information content (AvgIpc) is 4.06. The first-order valence-corrected chi connectivity index (χ1v) is 24.2. The molecule has 0 saturated carbocycles. The Labute approximate surface area is 426 Å². The first-order chi connectivity index (χ1) is 34.5. The van der Waals surface area contributed by atoms with Crippen LogP contribution in [0.3, 0.4) is 0 Å². The SMILES string of the molecule is Cc1ncoc1-c1ccc([C@H](C)NC(=O)[C@@H]2CCCN2C(=O)[C@@H](NC(=O)COCCCCOc2ccc(-c3ccc(N4C(=S)N(c5ccc(C#N)c(C(F)(F)F)c5)C(=O)C4(C)C)c(F)c3)cc2)C(C)(C)C)cc1. The molecule has 5 aromatic rings. The van der Waals surface area contributed by atoms with Gasteiger partial charge in [-0.15, -0.1) is 0 Å². The van der Waals surface area contributed by atoms with Gasteiger partial charge in [-0.05, 0) is 130 Å². The van der Waals surface area contributed by atoms with E-state index in [0.717, 1.165) is 27.8 Å². The van der Waals surface area contributed by atoms with Crippen LogP contribution in [0.5, 0.6) is 5.75 Å². The van der Waals surface area contributed by atoms with E-state index in [2.05, 4.69) is 15.6 Å². The molecule has 2 aliphatic heterocycles. The predicted octanol–water partition coefficient (Wildman–Crippen LogP) is 9.84. The molecular weight excluding hydrogens is 967 g/mol. The molecule has 4 aromatic carbocycles. The van der Waals surface area contributed by atoms with Gasteiger partial charge in [0, 0.05) is 18.7 Å². The molecule has 384 valence electrons. The Morgan fingerprint density at radius 1 is 0.945 bits per heavy atom. The van der Waals surface area contributed by atoms with E-state index in [4.69, 9.17) is 26.1 Å². The highest BCUT2D eigenvalue weighted by molar-refractivity contribution is 7.81. The summed E-state index contributed by atoms with van der Waals surface area (Å²) in [7, 11) is 0. The molecule has 19 heteroatoms. The molecule has 14 nitrogen and oxygen atoms in total. The maximum atomic E-state index is 15.9. The summed E-state index contributed by atoms with van der Waals surface area (Å²) in [6.07, 6.45) is -1.13. The number of aromatic nitrogens is 1. The second-order valence-electron chi connectivity index (χ2n) is 19.6. The van der Waals surface area contributed by atoms with E-state index >= 15 is 4.39 Å². The number of carbonyl (C=O) groups is 4. The standard InChI is InChI=1S/C54H57F4N7O7S/c1-32(34-12-14-36(15-13-34)46-33(2)60-31-72-46)61-48(67)44-11-10-24-63(44)49(68)47(52(3,4)5)62-45(66)30-70-25-8-9-26-71-40-21-17-35(18-22-40)37-19-23-43(42(55)27-37)65-51(73)64(50(69)53(65,6)7)39-20-16-38(29-59)41(28-39)54(56,57)58/h12-23,27-28,31-32,44,47H,8-11,24-26,30H2,1-7H3,(H,61,67)(H,62,66)/t32-,44-,47+/m0/s1. The number of amides is 4. The summed E-state index contributed by atoms with van der Waals surface area (Å²) in [5.74, 6) is -1.19. The third-order valence-corrected chi connectivity index (χ3v) is 13.3. The Balaban J connectivity index is 0.851. The smallest absolute Gasteiger partial charge is 0.417 e. The van der Waals surface area contributed by atoms with Crippen LogP contribution in [0.4, 0.5) is 28.9 Å². The molecule has 2 fully saturated rings. The van der Waals surface area contributed by atoms with Gasteiger partial charge in [0.25, 0.3) is 5.91 Å². The molecule has 0 radical (unpaired) electrons. The Morgan fingerprint density at radius 2 is 1.62 bits per heavy atom. The second-order valence-corrected chi connectivity index (χ2v) is 20.0. The summed E-state index contributed by atoms with van der Waals surface area (Å²) in [4.78, 5) is 62.3. The fraction of sp³-hybridized carbons (Fsp3) is 0.389. The topological polar surface area (TPSA) is 170 Å². The lowest BCUT2D eigenvalue weighted by atomic mass is 9.85. The molecule has 0 aliphatic carbocycles. The van der Waals surface area contributed by atoms with Crippen molar-refractivity contribution in [3.8, 4) is 34.3 Å². The lowest BCUT2D eigenvalue weighted by Crippen LogP contribution is -2.58. The van der Waals surface area contributed by atoms with Gasteiger partial charge in [-0.25, -0.2) is 9.37 Å². The van der Waals surface area contributed by atoms with Crippen molar-refractivity contribution in [2.24, 2.45) is 5.41 Å². The number of thiocarbonyl (C=S) groups is 1. The molecule has 7 rings (SSSR count). The fourth-order valence-corrected chi connectivity index (χ4v) is 9.43. The lowest BCUT2D eigenvalue weighted by molar-refractivity contribution is -0.144. The Kier molecular flexibility index (Phi) is 16.1. The van der Waals surface area contributed by atoms with Crippen molar-refractivity contribution in [3.63, 3.8) is 0 Å². The molecule has 2 saturated heterocycles. The highest BCUT2D eigenvalue weighted by Crippen LogP contribution is 2.41. The minimum absolute atomic E-state index is 0.0491. The molecule has 0 unspecified atom stereocenters. The molecule has 0 bridgehead atoms. The van der Waals surface area contributed by atoms with Gasteiger partial charge in [-0.3, -0.25) is 24.1 Å². The number of oxazole rings is 1. The Morgan fingerprint density at radius 3 is 2.25 bits per heavy atom. The van der Waals surface area contributed by atoms with Crippen LogP contribution in [-0.4, -0.2) is 82.6 Å². The summed E-state index contributed by atoms with van der Waals surface area (Å²) < 4.78 is 74.3. The Hall–Kier alpha value is -7.17. The number of hydrogen-bond donors (Lipinski definition) is 2. The number of anilines is 2. The highest BCUT2D eigenvalue weighted by atomic mass is 32.1. The molecule has 4 amide bonds. The Bertz CT molecular complexity index is 2910. The molecule has 3 heterocycles. The molecule has 73 heavy (non-hydrogen) atoms. The van der Waals surface area contributed by atoms with E-state index < -0.39 is 58.0 Å². The molecule has 0 spiro atoms. The minimum atomic E-state index is -4.87. The number of benzene rings is 4. The van der Waals surface area contributed by atoms with Gasteiger partial charge in [0.05, 0.1) is 46.9 Å². The van der Waals surface area contributed by atoms with Crippen molar-refractivity contribution in [1.29, 1.82) is 5.26 Å². The molecule has 1 aromatic heterocycles. The number of aryl methyl sites for hydroxylation is 1. The number of alkyl halides is 3. The minimum Gasteiger partial charge on any atom is -0.494 e. The summed E-state index contributed by atoms with van der Waals surface area (Å²) in [6.45, 7) is 13.0. The van der Waals surface area contributed by atoms with Crippen molar-refractivity contribution < 1.29 is 50.6 Å². The maximum absolute atomic E-state index is 15.9. The zero-order valence-corrected chi connectivity index (χ0v) is 42.4. The van der Waals surface area contributed by atoms with Crippen LogP contribution in [0, 0.1) is 29.5 Å². The van der Waals surface area contributed by atoms with E-state index in [1.807, 2.05) is 58.9 Å². The number of hydrogen-bond acceptors (Lipinski definition) is 10. The summed E-state index contributed by atoms with van der Waals surface area (Å²) in [5, 5.41) is 14.9. The number of unbranched alkanes of at least 4 members (excludes halogenated alkanes) is 1. The average molecular weight is 1020 g/mol. The summed E-state index contributed by atoms with van der Waals surface area (Å²) in [6, 6.07) is 21.5. The number of halogens is 4. The number of ether oxygens (including phenoxy) is 2. The van der Waals surface area contributed by atoms with Crippen molar-refractivity contribution in [2.45, 2.75) is 104 Å². The van der Waals surface area contributed by atoms with Gasteiger partial charge < -0.3 is 34.3 Å². The van der Waals surface area contributed by atoms with Crippen molar-refractivity contribution >= 4 is 52.3 Å². The fourth-order valence-electron chi connectivity index (χ4n) is 8.92. The summed E-state index contributed by atoms with van der Waals surface area (Å²) in [5.41, 5.74) is -0.507. The molecular formula is C54H57F4N7O7S.